The number of fused-ring (bicyclic) bond motifs is 1. The SMILES string of the molecule is NC(CC(=O)O)C(=O)N1CCC(C(=O)O)c2ccccc21. The Hall–Kier alpha value is -2.41. The van der Waals surface area contributed by atoms with E-state index in [2.05, 4.69) is 0 Å². The Morgan fingerprint density at radius 2 is 1.95 bits per heavy atom. The number of carbonyl (C=O) groups is 3. The first-order valence-corrected chi connectivity index (χ1v) is 6.52. The number of carbonyl (C=O) groups excluding carboxylic acids is 1. The molecule has 0 saturated carbocycles. The Labute approximate surface area is 121 Å². The molecule has 1 aliphatic rings. The van der Waals surface area contributed by atoms with Gasteiger partial charge >= 0.3 is 11.9 Å². The molecule has 7 nitrogen and oxygen atoms in total. The molecule has 112 valence electrons. The topological polar surface area (TPSA) is 121 Å². The van der Waals surface area contributed by atoms with E-state index in [4.69, 9.17) is 10.8 Å². The maximum Gasteiger partial charge on any atom is 0.311 e. The highest BCUT2D eigenvalue weighted by Crippen LogP contribution is 2.35. The van der Waals surface area contributed by atoms with Crippen LogP contribution in [-0.2, 0) is 14.4 Å². The number of carboxylic acids is 2. The molecule has 1 aromatic carbocycles. The molecule has 0 fully saturated rings. The number of hydrogen-bond acceptors (Lipinski definition) is 4. The van der Waals surface area contributed by atoms with Crippen molar-refractivity contribution >= 4 is 23.5 Å². The summed E-state index contributed by atoms with van der Waals surface area (Å²) in [6.45, 7) is 0.208. The maximum absolute atomic E-state index is 12.3. The van der Waals surface area contributed by atoms with Crippen LogP contribution in [0.1, 0.15) is 24.3 Å². The number of rotatable bonds is 4. The van der Waals surface area contributed by atoms with Crippen LogP contribution in [0.5, 0.6) is 0 Å². The van der Waals surface area contributed by atoms with Gasteiger partial charge in [0.25, 0.3) is 0 Å². The first-order valence-electron chi connectivity index (χ1n) is 6.52. The van der Waals surface area contributed by atoms with E-state index in [1.54, 1.807) is 24.3 Å². The first kappa shape index (κ1) is 15.0. The number of aliphatic carboxylic acids is 2. The highest BCUT2D eigenvalue weighted by atomic mass is 16.4. The fourth-order valence-corrected chi connectivity index (χ4v) is 2.52. The van der Waals surface area contributed by atoms with Crippen LogP contribution in [0.15, 0.2) is 24.3 Å². The summed E-state index contributed by atoms with van der Waals surface area (Å²) in [5.74, 6) is -3.26. The van der Waals surface area contributed by atoms with E-state index in [1.165, 1.54) is 4.90 Å². The number of carboxylic acid groups (broad SMARTS) is 2. The molecule has 2 atom stereocenters. The summed E-state index contributed by atoms with van der Waals surface area (Å²) in [6, 6.07) is 5.58. The molecule has 1 aromatic rings. The van der Waals surface area contributed by atoms with Crippen molar-refractivity contribution in [3.05, 3.63) is 29.8 Å². The van der Waals surface area contributed by atoms with Crippen LogP contribution in [0.4, 0.5) is 5.69 Å². The smallest absolute Gasteiger partial charge is 0.311 e. The number of nitrogens with zero attached hydrogens (tertiary/aromatic N) is 1. The molecule has 0 bridgehead atoms. The zero-order valence-electron chi connectivity index (χ0n) is 11.2. The van der Waals surface area contributed by atoms with Gasteiger partial charge in [-0.3, -0.25) is 14.4 Å². The molecule has 0 spiro atoms. The molecule has 1 aliphatic heterocycles. The van der Waals surface area contributed by atoms with E-state index in [9.17, 15) is 19.5 Å². The Balaban J connectivity index is 2.30. The van der Waals surface area contributed by atoms with Gasteiger partial charge in [0.1, 0.15) is 0 Å². The van der Waals surface area contributed by atoms with Gasteiger partial charge in [-0.15, -0.1) is 0 Å². The van der Waals surface area contributed by atoms with Gasteiger partial charge in [0.05, 0.1) is 18.4 Å². The zero-order chi connectivity index (χ0) is 15.6. The van der Waals surface area contributed by atoms with Crippen LogP contribution < -0.4 is 10.6 Å². The van der Waals surface area contributed by atoms with E-state index in [0.29, 0.717) is 11.3 Å². The third kappa shape index (κ3) is 3.03. The minimum absolute atomic E-state index is 0.208. The predicted octanol–water partition coefficient (Wildman–Crippen LogP) is 0.394. The fourth-order valence-electron chi connectivity index (χ4n) is 2.52. The van der Waals surface area contributed by atoms with Crippen molar-refractivity contribution in [2.45, 2.75) is 24.8 Å². The molecule has 7 heteroatoms. The quantitative estimate of drug-likeness (QED) is 0.738. The van der Waals surface area contributed by atoms with E-state index in [1.807, 2.05) is 0 Å². The summed E-state index contributed by atoms with van der Waals surface area (Å²) >= 11 is 0. The van der Waals surface area contributed by atoms with E-state index >= 15 is 0 Å². The van der Waals surface area contributed by atoms with Crippen LogP contribution in [0.2, 0.25) is 0 Å². The van der Waals surface area contributed by atoms with Crippen LogP contribution in [-0.4, -0.2) is 40.6 Å². The largest absolute Gasteiger partial charge is 0.481 e. The fraction of sp³-hybridized carbons (Fsp3) is 0.357. The van der Waals surface area contributed by atoms with Crippen molar-refractivity contribution in [1.82, 2.24) is 0 Å². The zero-order valence-corrected chi connectivity index (χ0v) is 11.2. The average Bonchev–Trinajstić information content (AvgIpc) is 2.44. The lowest BCUT2D eigenvalue weighted by Crippen LogP contribution is -2.47. The second-order valence-corrected chi connectivity index (χ2v) is 4.93. The molecule has 4 N–H and O–H groups in total. The Morgan fingerprint density at radius 1 is 1.29 bits per heavy atom. The number of anilines is 1. The minimum Gasteiger partial charge on any atom is -0.481 e. The van der Waals surface area contributed by atoms with Crippen LogP contribution in [0, 0.1) is 0 Å². The molecule has 1 amide bonds. The first-order chi connectivity index (χ1) is 9.91. The third-order valence-corrected chi connectivity index (χ3v) is 3.52. The molecular formula is C14H16N2O5. The second kappa shape index (κ2) is 5.92. The molecule has 2 rings (SSSR count). The number of para-hydroxylation sites is 1. The highest BCUT2D eigenvalue weighted by molar-refractivity contribution is 6.00. The summed E-state index contributed by atoms with van der Waals surface area (Å²) in [5.41, 5.74) is 6.65. The maximum atomic E-state index is 12.3. The van der Waals surface area contributed by atoms with E-state index in [-0.39, 0.29) is 13.0 Å². The van der Waals surface area contributed by atoms with Gasteiger partial charge in [-0.25, -0.2) is 0 Å². The van der Waals surface area contributed by atoms with Crippen molar-refractivity contribution in [3.8, 4) is 0 Å². The van der Waals surface area contributed by atoms with Crippen molar-refractivity contribution in [2.75, 3.05) is 11.4 Å². The third-order valence-electron chi connectivity index (χ3n) is 3.52. The molecule has 1 heterocycles. The molecule has 0 radical (unpaired) electrons. The number of benzene rings is 1. The lowest BCUT2D eigenvalue weighted by molar-refractivity contribution is -0.139. The lowest BCUT2D eigenvalue weighted by Gasteiger charge is -2.33. The second-order valence-electron chi connectivity index (χ2n) is 4.93. The highest BCUT2D eigenvalue weighted by Gasteiger charge is 2.34. The average molecular weight is 292 g/mol. The molecular weight excluding hydrogens is 276 g/mol. The summed E-state index contributed by atoms with van der Waals surface area (Å²) in [5, 5.41) is 17.9. The normalized spacial score (nSPS) is 18.7. The van der Waals surface area contributed by atoms with E-state index < -0.39 is 36.2 Å². The van der Waals surface area contributed by atoms with Crippen molar-refractivity contribution in [3.63, 3.8) is 0 Å². The summed E-state index contributed by atoms with van der Waals surface area (Å²) in [6.07, 6.45) is -0.183. The van der Waals surface area contributed by atoms with Gasteiger partial charge in [-0.1, -0.05) is 18.2 Å². The summed E-state index contributed by atoms with van der Waals surface area (Å²) < 4.78 is 0. The van der Waals surface area contributed by atoms with Gasteiger partial charge in [0.2, 0.25) is 5.91 Å². The standard InChI is InChI=1S/C14H16N2O5/c15-10(7-12(17)18)13(19)16-6-5-9(14(20)21)8-3-1-2-4-11(8)16/h1-4,9-10H,5-7,15H2,(H,17,18)(H,20,21). The summed E-state index contributed by atoms with van der Waals surface area (Å²) in [4.78, 5) is 35.6. The number of amides is 1. The summed E-state index contributed by atoms with van der Waals surface area (Å²) in [7, 11) is 0. The molecule has 0 aliphatic carbocycles. The molecule has 21 heavy (non-hydrogen) atoms. The van der Waals surface area contributed by atoms with Crippen molar-refractivity contribution < 1.29 is 24.6 Å². The minimum atomic E-state index is -1.15. The van der Waals surface area contributed by atoms with Crippen LogP contribution in [0.25, 0.3) is 0 Å². The van der Waals surface area contributed by atoms with Gasteiger partial charge in [0, 0.05) is 12.2 Å². The Bertz CT molecular complexity index is 586. The van der Waals surface area contributed by atoms with Gasteiger partial charge in [0.15, 0.2) is 0 Å². The molecule has 2 unspecified atom stereocenters. The van der Waals surface area contributed by atoms with Gasteiger partial charge < -0.3 is 20.8 Å². The predicted molar refractivity (Wildman–Crippen MR) is 74.0 cm³/mol. The van der Waals surface area contributed by atoms with Crippen molar-refractivity contribution in [1.29, 1.82) is 0 Å². The Kier molecular flexibility index (Phi) is 4.23. The van der Waals surface area contributed by atoms with Crippen LogP contribution >= 0.6 is 0 Å². The Morgan fingerprint density at radius 3 is 2.57 bits per heavy atom. The molecule has 0 aromatic heterocycles. The van der Waals surface area contributed by atoms with Crippen LogP contribution in [0.3, 0.4) is 0 Å². The van der Waals surface area contributed by atoms with E-state index in [0.717, 1.165) is 0 Å². The van der Waals surface area contributed by atoms with Crippen molar-refractivity contribution in [2.24, 2.45) is 5.73 Å². The number of hydrogen-bond donors (Lipinski definition) is 3. The van der Waals surface area contributed by atoms with Gasteiger partial charge in [-0.05, 0) is 18.1 Å². The molecule has 0 saturated heterocycles. The monoisotopic (exact) mass is 292 g/mol. The van der Waals surface area contributed by atoms with Gasteiger partial charge in [-0.2, -0.15) is 0 Å². The number of nitrogens with two attached hydrogens (primary N) is 1. The lowest BCUT2D eigenvalue weighted by atomic mass is 9.89.